The van der Waals surface area contributed by atoms with Crippen LogP contribution in [0.25, 0.3) is 0 Å². The van der Waals surface area contributed by atoms with Gasteiger partial charge in [-0.3, -0.25) is 4.79 Å². The zero-order valence-electron chi connectivity index (χ0n) is 12.7. The van der Waals surface area contributed by atoms with Gasteiger partial charge in [0.05, 0.1) is 13.2 Å². The van der Waals surface area contributed by atoms with E-state index in [1.54, 1.807) is 24.3 Å². The summed E-state index contributed by atoms with van der Waals surface area (Å²) in [5.74, 6) is 1.25. The molecular formula is C18H21NO3. The minimum absolute atomic E-state index is 0.431. The van der Waals surface area contributed by atoms with Gasteiger partial charge in [-0.25, -0.2) is 0 Å². The van der Waals surface area contributed by atoms with Crippen LogP contribution in [0.3, 0.4) is 0 Å². The van der Waals surface area contributed by atoms with Crippen LogP contribution in [-0.2, 0) is 0 Å². The van der Waals surface area contributed by atoms with E-state index in [0.717, 1.165) is 29.9 Å². The fraction of sp³-hybridized carbons (Fsp3) is 0.278. The maximum absolute atomic E-state index is 11.0. The third-order valence-corrected chi connectivity index (χ3v) is 3.30. The van der Waals surface area contributed by atoms with E-state index >= 15 is 0 Å². The monoisotopic (exact) mass is 299 g/mol. The molecule has 0 aliphatic heterocycles. The smallest absolute Gasteiger partial charge is 0.248 e. The SMILES string of the molecule is Cc1ccccc1OCCCCOc1ccc(C(N)=O)cc1. The number of nitrogens with two attached hydrogens (primary N) is 1. The summed E-state index contributed by atoms with van der Waals surface area (Å²) in [6.45, 7) is 3.33. The Bertz CT molecular complexity index is 608. The van der Waals surface area contributed by atoms with Crippen molar-refractivity contribution in [1.29, 1.82) is 0 Å². The summed E-state index contributed by atoms with van der Waals surface area (Å²) in [4.78, 5) is 11.0. The quantitative estimate of drug-likeness (QED) is 0.760. The van der Waals surface area contributed by atoms with E-state index in [9.17, 15) is 4.79 Å². The minimum atomic E-state index is -0.431. The summed E-state index contributed by atoms with van der Waals surface area (Å²) in [6.07, 6.45) is 1.83. The number of primary amides is 1. The molecule has 0 aromatic heterocycles. The largest absolute Gasteiger partial charge is 0.494 e. The summed E-state index contributed by atoms with van der Waals surface area (Å²) in [5.41, 5.74) is 6.82. The lowest BCUT2D eigenvalue weighted by Crippen LogP contribution is -2.10. The Morgan fingerprint density at radius 2 is 1.59 bits per heavy atom. The van der Waals surface area contributed by atoms with Gasteiger partial charge in [0.25, 0.3) is 0 Å². The van der Waals surface area contributed by atoms with Gasteiger partial charge in [-0.2, -0.15) is 0 Å². The molecule has 2 N–H and O–H groups in total. The predicted molar refractivity (Wildman–Crippen MR) is 86.4 cm³/mol. The van der Waals surface area contributed by atoms with Gasteiger partial charge < -0.3 is 15.2 Å². The third kappa shape index (κ3) is 4.81. The van der Waals surface area contributed by atoms with Gasteiger partial charge >= 0.3 is 0 Å². The summed E-state index contributed by atoms with van der Waals surface area (Å²) in [5, 5.41) is 0. The zero-order valence-corrected chi connectivity index (χ0v) is 12.7. The first-order chi connectivity index (χ1) is 10.7. The molecule has 0 unspecified atom stereocenters. The van der Waals surface area contributed by atoms with Gasteiger partial charge in [0, 0.05) is 5.56 Å². The Balaban J connectivity index is 1.63. The molecule has 0 bridgehead atoms. The molecule has 0 heterocycles. The molecule has 1 amide bonds. The number of benzene rings is 2. The van der Waals surface area contributed by atoms with E-state index in [1.165, 1.54) is 0 Å². The third-order valence-electron chi connectivity index (χ3n) is 3.30. The molecule has 116 valence electrons. The summed E-state index contributed by atoms with van der Waals surface area (Å²) in [6, 6.07) is 14.8. The van der Waals surface area contributed by atoms with Crippen molar-refractivity contribution in [2.75, 3.05) is 13.2 Å². The Morgan fingerprint density at radius 1 is 0.955 bits per heavy atom. The van der Waals surface area contributed by atoms with Crippen LogP contribution < -0.4 is 15.2 Å². The van der Waals surface area contributed by atoms with Crippen LogP contribution in [0.1, 0.15) is 28.8 Å². The Kier molecular flexibility index (Phi) is 5.83. The van der Waals surface area contributed by atoms with Crippen LogP contribution in [0.4, 0.5) is 0 Å². The number of aryl methyl sites for hydroxylation is 1. The minimum Gasteiger partial charge on any atom is -0.494 e. The highest BCUT2D eigenvalue weighted by Crippen LogP contribution is 2.16. The van der Waals surface area contributed by atoms with E-state index in [1.807, 2.05) is 31.2 Å². The average molecular weight is 299 g/mol. The molecule has 22 heavy (non-hydrogen) atoms. The maximum Gasteiger partial charge on any atom is 0.248 e. The summed E-state index contributed by atoms with van der Waals surface area (Å²) >= 11 is 0. The van der Waals surface area contributed by atoms with Gasteiger partial charge in [0.15, 0.2) is 0 Å². The van der Waals surface area contributed by atoms with Crippen molar-refractivity contribution in [3.05, 3.63) is 59.7 Å². The van der Waals surface area contributed by atoms with Gasteiger partial charge in [0.2, 0.25) is 5.91 Å². The second-order valence-electron chi connectivity index (χ2n) is 5.06. The topological polar surface area (TPSA) is 61.6 Å². The van der Waals surface area contributed by atoms with E-state index in [2.05, 4.69) is 0 Å². The Labute approximate surface area is 130 Å². The van der Waals surface area contributed by atoms with Crippen LogP contribution in [0.2, 0.25) is 0 Å². The fourth-order valence-corrected chi connectivity index (χ4v) is 2.01. The Hall–Kier alpha value is -2.49. The number of ether oxygens (including phenoxy) is 2. The van der Waals surface area contributed by atoms with Crippen LogP contribution in [-0.4, -0.2) is 19.1 Å². The molecule has 0 atom stereocenters. The summed E-state index contributed by atoms with van der Waals surface area (Å²) < 4.78 is 11.3. The van der Waals surface area contributed by atoms with Crippen molar-refractivity contribution < 1.29 is 14.3 Å². The molecule has 4 nitrogen and oxygen atoms in total. The van der Waals surface area contributed by atoms with Crippen molar-refractivity contribution in [3.8, 4) is 11.5 Å². The molecule has 0 saturated heterocycles. The van der Waals surface area contributed by atoms with Gasteiger partial charge in [-0.1, -0.05) is 18.2 Å². The lowest BCUT2D eigenvalue weighted by atomic mass is 10.2. The lowest BCUT2D eigenvalue weighted by Gasteiger charge is -2.09. The number of carbonyl (C=O) groups excluding carboxylic acids is 1. The number of rotatable bonds is 8. The van der Waals surface area contributed by atoms with Crippen molar-refractivity contribution >= 4 is 5.91 Å². The molecule has 0 radical (unpaired) electrons. The molecule has 0 saturated carbocycles. The number of amides is 1. The molecule has 2 rings (SSSR count). The first-order valence-electron chi connectivity index (χ1n) is 7.38. The van der Waals surface area contributed by atoms with Crippen molar-refractivity contribution in [2.45, 2.75) is 19.8 Å². The number of carbonyl (C=O) groups is 1. The zero-order chi connectivity index (χ0) is 15.8. The molecule has 0 fully saturated rings. The van der Waals surface area contributed by atoms with Gasteiger partial charge in [-0.05, 0) is 55.7 Å². The first kappa shape index (κ1) is 15.9. The van der Waals surface area contributed by atoms with E-state index < -0.39 is 5.91 Å². The number of hydrogen-bond donors (Lipinski definition) is 1. The van der Waals surface area contributed by atoms with Gasteiger partial charge in [-0.15, -0.1) is 0 Å². The fourth-order valence-electron chi connectivity index (χ4n) is 2.01. The van der Waals surface area contributed by atoms with Crippen molar-refractivity contribution in [3.63, 3.8) is 0 Å². The Morgan fingerprint density at radius 3 is 2.23 bits per heavy atom. The highest BCUT2D eigenvalue weighted by molar-refractivity contribution is 5.92. The normalized spacial score (nSPS) is 10.2. The maximum atomic E-state index is 11.0. The van der Waals surface area contributed by atoms with E-state index in [-0.39, 0.29) is 0 Å². The number of para-hydroxylation sites is 1. The molecular weight excluding hydrogens is 278 g/mol. The van der Waals surface area contributed by atoms with E-state index in [0.29, 0.717) is 18.8 Å². The molecule has 2 aromatic rings. The van der Waals surface area contributed by atoms with E-state index in [4.69, 9.17) is 15.2 Å². The molecule has 0 aliphatic carbocycles. The standard InChI is InChI=1S/C18H21NO3/c1-14-6-2-3-7-17(14)22-13-5-4-12-21-16-10-8-15(9-11-16)18(19)20/h2-3,6-11H,4-5,12-13H2,1H3,(H2,19,20). The summed E-state index contributed by atoms with van der Waals surface area (Å²) in [7, 11) is 0. The van der Waals surface area contributed by atoms with Crippen molar-refractivity contribution in [2.24, 2.45) is 5.73 Å². The van der Waals surface area contributed by atoms with Gasteiger partial charge in [0.1, 0.15) is 11.5 Å². The molecule has 4 heteroatoms. The molecule has 2 aromatic carbocycles. The van der Waals surface area contributed by atoms with Crippen LogP contribution in [0.15, 0.2) is 48.5 Å². The van der Waals surface area contributed by atoms with Crippen LogP contribution in [0.5, 0.6) is 11.5 Å². The average Bonchev–Trinajstić information content (AvgIpc) is 2.53. The van der Waals surface area contributed by atoms with Crippen LogP contribution >= 0.6 is 0 Å². The van der Waals surface area contributed by atoms with Crippen LogP contribution in [0, 0.1) is 6.92 Å². The predicted octanol–water partition coefficient (Wildman–Crippen LogP) is 3.33. The lowest BCUT2D eigenvalue weighted by molar-refractivity contribution is 0.100. The number of hydrogen-bond acceptors (Lipinski definition) is 3. The number of unbranched alkanes of at least 4 members (excludes halogenated alkanes) is 1. The highest BCUT2D eigenvalue weighted by atomic mass is 16.5. The second-order valence-corrected chi connectivity index (χ2v) is 5.06. The van der Waals surface area contributed by atoms with Crippen molar-refractivity contribution in [1.82, 2.24) is 0 Å². The molecule has 0 aliphatic rings. The highest BCUT2D eigenvalue weighted by Gasteiger charge is 2.01. The first-order valence-corrected chi connectivity index (χ1v) is 7.38. The second kappa shape index (κ2) is 8.08. The molecule has 0 spiro atoms.